The first-order valence-electron chi connectivity index (χ1n) is 10.0. The maximum absolute atomic E-state index is 13.2. The van der Waals surface area contributed by atoms with Gasteiger partial charge in [-0.15, -0.1) is 0 Å². The molecule has 0 unspecified atom stereocenters. The van der Waals surface area contributed by atoms with Crippen molar-refractivity contribution in [3.8, 4) is 6.07 Å². The van der Waals surface area contributed by atoms with E-state index in [2.05, 4.69) is 6.07 Å². The molecule has 0 N–H and O–H groups in total. The highest BCUT2D eigenvalue weighted by Crippen LogP contribution is 2.32. The molecule has 2 aliphatic rings. The van der Waals surface area contributed by atoms with Gasteiger partial charge in [0, 0.05) is 31.6 Å². The smallest absolute Gasteiger partial charge is 0.410 e. The fourth-order valence-corrected chi connectivity index (χ4v) is 3.59. The quantitative estimate of drug-likeness (QED) is 0.795. The topological polar surface area (TPSA) is 73.6 Å². The third-order valence-corrected chi connectivity index (χ3v) is 5.25. The van der Waals surface area contributed by atoms with E-state index in [4.69, 9.17) is 4.74 Å². The lowest BCUT2D eigenvalue weighted by Gasteiger charge is -2.35. The van der Waals surface area contributed by atoms with Crippen molar-refractivity contribution in [2.75, 3.05) is 13.1 Å². The van der Waals surface area contributed by atoms with Crippen LogP contribution in [0.4, 0.5) is 4.79 Å². The van der Waals surface area contributed by atoms with Crippen LogP contribution in [0, 0.1) is 17.2 Å². The molecule has 0 spiro atoms. The average Bonchev–Trinajstić information content (AvgIpc) is 3.49. The average molecular weight is 383 g/mol. The van der Waals surface area contributed by atoms with Crippen LogP contribution in [-0.4, -0.2) is 46.5 Å². The molecule has 1 aliphatic heterocycles. The number of hydrogen-bond acceptors (Lipinski definition) is 4. The molecule has 1 aliphatic carbocycles. The minimum absolute atomic E-state index is 0.0754. The van der Waals surface area contributed by atoms with Crippen molar-refractivity contribution >= 4 is 12.0 Å². The Morgan fingerprint density at radius 3 is 2.39 bits per heavy atom. The lowest BCUT2D eigenvalue weighted by molar-refractivity contribution is -0.138. The number of benzene rings is 1. The molecule has 2 amide bonds. The molecule has 2 fully saturated rings. The van der Waals surface area contributed by atoms with Crippen LogP contribution >= 0.6 is 0 Å². The summed E-state index contributed by atoms with van der Waals surface area (Å²) < 4.78 is 5.43. The highest BCUT2D eigenvalue weighted by molar-refractivity contribution is 5.80. The molecule has 6 heteroatoms. The number of piperidine rings is 1. The van der Waals surface area contributed by atoms with Gasteiger partial charge in [0.2, 0.25) is 5.91 Å². The molecule has 0 aromatic heterocycles. The van der Waals surface area contributed by atoms with Gasteiger partial charge in [-0.05, 0) is 58.1 Å². The Labute approximate surface area is 167 Å². The van der Waals surface area contributed by atoms with Crippen molar-refractivity contribution < 1.29 is 14.3 Å². The van der Waals surface area contributed by atoms with E-state index in [1.807, 2.05) is 43.9 Å². The van der Waals surface area contributed by atoms with Gasteiger partial charge in [0.05, 0.1) is 11.6 Å². The number of carbonyl (C=O) groups is 2. The normalized spacial score (nSPS) is 17.7. The Morgan fingerprint density at radius 1 is 1.18 bits per heavy atom. The molecule has 1 saturated carbocycles. The van der Waals surface area contributed by atoms with Crippen molar-refractivity contribution in [2.24, 2.45) is 5.92 Å². The van der Waals surface area contributed by atoms with E-state index in [1.54, 1.807) is 11.0 Å². The minimum Gasteiger partial charge on any atom is -0.444 e. The highest BCUT2D eigenvalue weighted by atomic mass is 16.6. The number of carbonyl (C=O) groups excluding carboxylic acids is 2. The molecule has 0 bridgehead atoms. The molecule has 1 heterocycles. The van der Waals surface area contributed by atoms with Gasteiger partial charge in [0.1, 0.15) is 5.60 Å². The van der Waals surface area contributed by atoms with Crippen LogP contribution in [0.2, 0.25) is 0 Å². The molecule has 1 aromatic carbocycles. The van der Waals surface area contributed by atoms with Crippen LogP contribution in [0.5, 0.6) is 0 Å². The lowest BCUT2D eigenvalue weighted by Crippen LogP contribution is -2.46. The van der Waals surface area contributed by atoms with Crippen molar-refractivity contribution in [3.63, 3.8) is 0 Å². The first-order valence-corrected chi connectivity index (χ1v) is 10.0. The molecule has 3 rings (SSSR count). The monoisotopic (exact) mass is 383 g/mol. The molecule has 0 atom stereocenters. The van der Waals surface area contributed by atoms with Crippen molar-refractivity contribution in [3.05, 3.63) is 35.4 Å². The Bertz CT molecular complexity index is 766. The van der Waals surface area contributed by atoms with E-state index in [1.165, 1.54) is 0 Å². The summed E-state index contributed by atoms with van der Waals surface area (Å²) in [5.74, 6) is 0.0765. The Kier molecular flexibility index (Phi) is 5.93. The summed E-state index contributed by atoms with van der Waals surface area (Å²) in [4.78, 5) is 29.1. The lowest BCUT2D eigenvalue weighted by atomic mass is 9.95. The van der Waals surface area contributed by atoms with Crippen LogP contribution in [-0.2, 0) is 16.1 Å². The number of amides is 2. The molecule has 1 saturated heterocycles. The molecule has 28 heavy (non-hydrogen) atoms. The van der Waals surface area contributed by atoms with Gasteiger partial charge in [-0.25, -0.2) is 4.79 Å². The number of ether oxygens (including phenoxy) is 1. The van der Waals surface area contributed by atoms with E-state index in [0.717, 1.165) is 18.4 Å². The number of rotatable bonds is 4. The highest BCUT2D eigenvalue weighted by Gasteiger charge is 2.38. The maximum Gasteiger partial charge on any atom is 0.410 e. The Balaban J connectivity index is 1.61. The SMILES string of the molecule is CC(C)(C)OC(=O)N1CCC(C(=O)N(Cc2ccccc2C#N)C2CC2)CC1. The fraction of sp³-hybridized carbons (Fsp3) is 0.591. The summed E-state index contributed by atoms with van der Waals surface area (Å²) in [5.41, 5.74) is 1.01. The summed E-state index contributed by atoms with van der Waals surface area (Å²) in [6.45, 7) is 7.13. The number of nitrogens with zero attached hydrogens (tertiary/aromatic N) is 3. The van der Waals surface area contributed by atoms with Gasteiger partial charge in [-0.1, -0.05) is 18.2 Å². The number of nitriles is 1. The van der Waals surface area contributed by atoms with Crippen LogP contribution in [0.1, 0.15) is 57.6 Å². The fourth-order valence-electron chi connectivity index (χ4n) is 3.59. The Hall–Kier alpha value is -2.55. The van der Waals surface area contributed by atoms with Gasteiger partial charge in [-0.3, -0.25) is 4.79 Å². The molecule has 0 radical (unpaired) electrons. The van der Waals surface area contributed by atoms with E-state index in [0.29, 0.717) is 38.0 Å². The van der Waals surface area contributed by atoms with Crippen LogP contribution in [0.15, 0.2) is 24.3 Å². The molecular weight excluding hydrogens is 354 g/mol. The zero-order chi connectivity index (χ0) is 20.3. The largest absolute Gasteiger partial charge is 0.444 e. The summed E-state index contributed by atoms with van der Waals surface area (Å²) in [6, 6.07) is 9.97. The van der Waals surface area contributed by atoms with Gasteiger partial charge >= 0.3 is 6.09 Å². The number of hydrogen-bond donors (Lipinski definition) is 0. The van der Waals surface area contributed by atoms with Gasteiger partial charge in [0.25, 0.3) is 0 Å². The van der Waals surface area contributed by atoms with Crippen LogP contribution in [0.25, 0.3) is 0 Å². The third-order valence-electron chi connectivity index (χ3n) is 5.25. The van der Waals surface area contributed by atoms with E-state index in [9.17, 15) is 14.9 Å². The maximum atomic E-state index is 13.2. The number of likely N-dealkylation sites (tertiary alicyclic amines) is 1. The second-order valence-electron chi connectivity index (χ2n) is 8.71. The summed E-state index contributed by atoms with van der Waals surface area (Å²) in [6.07, 6.45) is 3.05. The van der Waals surface area contributed by atoms with Crippen LogP contribution in [0.3, 0.4) is 0 Å². The van der Waals surface area contributed by atoms with Crippen LogP contribution < -0.4 is 0 Å². The van der Waals surface area contributed by atoms with Crippen molar-refractivity contribution in [1.29, 1.82) is 5.26 Å². The Morgan fingerprint density at radius 2 is 1.82 bits per heavy atom. The summed E-state index contributed by atoms with van der Waals surface area (Å²) >= 11 is 0. The van der Waals surface area contributed by atoms with Gasteiger partial charge in [-0.2, -0.15) is 5.26 Å². The standard InChI is InChI=1S/C22H29N3O3/c1-22(2,3)28-21(27)24-12-10-16(11-13-24)20(26)25(19-8-9-19)15-18-7-5-4-6-17(18)14-23/h4-7,16,19H,8-13,15H2,1-3H3. The zero-order valence-electron chi connectivity index (χ0n) is 17.0. The predicted molar refractivity (Wildman–Crippen MR) is 105 cm³/mol. The summed E-state index contributed by atoms with van der Waals surface area (Å²) in [5, 5.41) is 9.33. The van der Waals surface area contributed by atoms with E-state index < -0.39 is 5.60 Å². The molecule has 1 aromatic rings. The minimum atomic E-state index is -0.513. The molecular formula is C22H29N3O3. The van der Waals surface area contributed by atoms with Crippen molar-refractivity contribution in [2.45, 2.75) is 64.6 Å². The second-order valence-corrected chi connectivity index (χ2v) is 8.71. The zero-order valence-corrected chi connectivity index (χ0v) is 17.0. The first kappa shape index (κ1) is 20.2. The van der Waals surface area contributed by atoms with Gasteiger partial charge in [0.15, 0.2) is 0 Å². The van der Waals surface area contributed by atoms with Crippen molar-refractivity contribution in [1.82, 2.24) is 9.80 Å². The third kappa shape index (κ3) is 5.03. The first-order chi connectivity index (χ1) is 13.3. The molecule has 6 nitrogen and oxygen atoms in total. The van der Waals surface area contributed by atoms with E-state index >= 15 is 0 Å². The molecule has 150 valence electrons. The van der Waals surface area contributed by atoms with E-state index in [-0.39, 0.29) is 24.0 Å². The predicted octanol–water partition coefficient (Wildman–Crippen LogP) is 3.70. The van der Waals surface area contributed by atoms with Gasteiger partial charge < -0.3 is 14.5 Å². The summed E-state index contributed by atoms with van der Waals surface area (Å²) in [7, 11) is 0. The second kappa shape index (κ2) is 8.22.